The van der Waals surface area contributed by atoms with Gasteiger partial charge in [0.05, 0.1) is 5.69 Å². The molecule has 1 atom stereocenters. The maximum atomic E-state index is 4.75. The molecule has 0 amide bonds. The SMILES string of the molecule is CN=C(NCCc1cn2cccc(C)c2n1)NC1CCN(CC2CCCC2)C1.I. The summed E-state index contributed by atoms with van der Waals surface area (Å²) in [5.41, 5.74) is 3.37. The van der Waals surface area contributed by atoms with Gasteiger partial charge in [0.2, 0.25) is 0 Å². The lowest BCUT2D eigenvalue weighted by molar-refractivity contribution is 0.275. The van der Waals surface area contributed by atoms with Gasteiger partial charge in [-0.3, -0.25) is 4.99 Å². The fraction of sp³-hybridized carbons (Fsp3) is 0.636. The number of likely N-dealkylation sites (tertiary alicyclic amines) is 1. The number of imidazole rings is 1. The molecule has 3 heterocycles. The van der Waals surface area contributed by atoms with Crippen molar-refractivity contribution in [1.82, 2.24) is 24.9 Å². The van der Waals surface area contributed by atoms with Crippen molar-refractivity contribution in [3.05, 3.63) is 35.8 Å². The van der Waals surface area contributed by atoms with Crippen LogP contribution >= 0.6 is 24.0 Å². The molecule has 2 aromatic rings. The van der Waals surface area contributed by atoms with Gasteiger partial charge < -0.3 is 19.9 Å². The lowest BCUT2D eigenvalue weighted by Crippen LogP contribution is -2.45. The molecule has 1 saturated heterocycles. The zero-order chi connectivity index (χ0) is 19.3. The summed E-state index contributed by atoms with van der Waals surface area (Å²) < 4.78 is 2.11. The summed E-state index contributed by atoms with van der Waals surface area (Å²) >= 11 is 0. The second kappa shape index (κ2) is 10.6. The Balaban J connectivity index is 0.00000240. The number of rotatable bonds is 6. The van der Waals surface area contributed by atoms with E-state index in [0.717, 1.165) is 42.7 Å². The first-order valence-corrected chi connectivity index (χ1v) is 10.8. The predicted octanol–water partition coefficient (Wildman–Crippen LogP) is 3.23. The zero-order valence-electron chi connectivity index (χ0n) is 17.7. The molecule has 2 fully saturated rings. The number of fused-ring (bicyclic) bond motifs is 1. The van der Waals surface area contributed by atoms with E-state index in [2.05, 4.69) is 56.4 Å². The van der Waals surface area contributed by atoms with Gasteiger partial charge in [-0.05, 0) is 43.7 Å². The molecule has 2 aromatic heterocycles. The molecule has 7 heteroatoms. The van der Waals surface area contributed by atoms with Crippen LogP contribution in [0.15, 0.2) is 29.5 Å². The van der Waals surface area contributed by atoms with Crippen molar-refractivity contribution >= 4 is 35.6 Å². The van der Waals surface area contributed by atoms with Crippen molar-refractivity contribution in [3.8, 4) is 0 Å². The molecule has 0 aromatic carbocycles. The number of guanidine groups is 1. The van der Waals surface area contributed by atoms with Crippen LogP contribution in [0.3, 0.4) is 0 Å². The topological polar surface area (TPSA) is 57.0 Å². The molecule has 1 saturated carbocycles. The lowest BCUT2D eigenvalue weighted by Gasteiger charge is -2.21. The summed E-state index contributed by atoms with van der Waals surface area (Å²) in [6.07, 6.45) is 12.0. The first-order chi connectivity index (χ1) is 13.7. The van der Waals surface area contributed by atoms with E-state index in [1.807, 2.05) is 7.05 Å². The number of pyridine rings is 1. The normalized spacial score (nSPS) is 20.9. The van der Waals surface area contributed by atoms with Crippen LogP contribution in [-0.2, 0) is 6.42 Å². The van der Waals surface area contributed by atoms with Crippen molar-refractivity contribution in [2.45, 2.75) is 51.5 Å². The molecule has 1 unspecified atom stereocenters. The number of hydrogen-bond donors (Lipinski definition) is 2. The average molecular weight is 510 g/mol. The van der Waals surface area contributed by atoms with Gasteiger partial charge in [-0.1, -0.05) is 18.9 Å². The van der Waals surface area contributed by atoms with Crippen LogP contribution in [0.2, 0.25) is 0 Å². The molecule has 0 spiro atoms. The molecule has 0 radical (unpaired) electrons. The lowest BCUT2D eigenvalue weighted by atomic mass is 10.1. The largest absolute Gasteiger partial charge is 0.356 e. The number of aliphatic imine (C=N–C) groups is 1. The number of nitrogens with one attached hydrogen (secondary N) is 2. The maximum absolute atomic E-state index is 4.75. The van der Waals surface area contributed by atoms with Crippen molar-refractivity contribution < 1.29 is 0 Å². The van der Waals surface area contributed by atoms with Crippen molar-refractivity contribution in [2.24, 2.45) is 10.9 Å². The highest BCUT2D eigenvalue weighted by molar-refractivity contribution is 14.0. The standard InChI is InChI=1S/C22H34N6.HI/c1-17-6-5-12-28-16-19(25-21(17)28)9-11-24-22(23-2)26-20-10-13-27(15-20)14-18-7-3-4-8-18;/h5-6,12,16,18,20H,3-4,7-11,13-15H2,1-2H3,(H2,23,24,26);1H. The first-order valence-electron chi connectivity index (χ1n) is 10.8. The Morgan fingerprint density at radius 3 is 2.86 bits per heavy atom. The van der Waals surface area contributed by atoms with E-state index in [1.165, 1.54) is 50.8 Å². The molecule has 1 aliphatic heterocycles. The molecule has 2 N–H and O–H groups in total. The van der Waals surface area contributed by atoms with Crippen LogP contribution in [0.5, 0.6) is 0 Å². The fourth-order valence-corrected chi connectivity index (χ4v) is 4.70. The zero-order valence-corrected chi connectivity index (χ0v) is 20.1. The van der Waals surface area contributed by atoms with Gasteiger partial charge in [-0.25, -0.2) is 4.98 Å². The molecular formula is C22H35IN6. The highest BCUT2D eigenvalue weighted by Crippen LogP contribution is 2.26. The molecule has 4 rings (SSSR count). The van der Waals surface area contributed by atoms with E-state index < -0.39 is 0 Å². The fourth-order valence-electron chi connectivity index (χ4n) is 4.70. The van der Waals surface area contributed by atoms with Gasteiger partial charge in [-0.15, -0.1) is 24.0 Å². The highest BCUT2D eigenvalue weighted by Gasteiger charge is 2.26. The summed E-state index contributed by atoms with van der Waals surface area (Å²) in [4.78, 5) is 11.8. The van der Waals surface area contributed by atoms with Gasteiger partial charge in [0, 0.05) is 58.1 Å². The second-order valence-corrected chi connectivity index (χ2v) is 8.44. The summed E-state index contributed by atoms with van der Waals surface area (Å²) in [6, 6.07) is 4.67. The van der Waals surface area contributed by atoms with E-state index in [-0.39, 0.29) is 24.0 Å². The number of hydrogen-bond acceptors (Lipinski definition) is 3. The van der Waals surface area contributed by atoms with Gasteiger partial charge in [0.1, 0.15) is 5.65 Å². The quantitative estimate of drug-likeness (QED) is 0.356. The molecule has 0 bridgehead atoms. The number of halogens is 1. The second-order valence-electron chi connectivity index (χ2n) is 8.44. The van der Waals surface area contributed by atoms with Crippen LogP contribution in [-0.4, -0.2) is 59.5 Å². The van der Waals surface area contributed by atoms with Gasteiger partial charge in [0.15, 0.2) is 5.96 Å². The highest BCUT2D eigenvalue weighted by atomic mass is 127. The Morgan fingerprint density at radius 1 is 1.28 bits per heavy atom. The third kappa shape index (κ3) is 5.84. The van der Waals surface area contributed by atoms with Crippen LogP contribution < -0.4 is 10.6 Å². The molecule has 160 valence electrons. The van der Waals surface area contributed by atoms with Gasteiger partial charge >= 0.3 is 0 Å². The van der Waals surface area contributed by atoms with E-state index >= 15 is 0 Å². The van der Waals surface area contributed by atoms with E-state index in [9.17, 15) is 0 Å². The maximum Gasteiger partial charge on any atom is 0.191 e. The van der Waals surface area contributed by atoms with Crippen molar-refractivity contribution in [3.63, 3.8) is 0 Å². The molecule has 29 heavy (non-hydrogen) atoms. The minimum Gasteiger partial charge on any atom is -0.356 e. The number of nitrogens with zero attached hydrogens (tertiary/aromatic N) is 4. The van der Waals surface area contributed by atoms with Gasteiger partial charge in [0.25, 0.3) is 0 Å². The molecule has 1 aliphatic carbocycles. The van der Waals surface area contributed by atoms with E-state index in [4.69, 9.17) is 4.98 Å². The van der Waals surface area contributed by atoms with Crippen molar-refractivity contribution in [1.29, 1.82) is 0 Å². The number of aromatic nitrogens is 2. The molecular weight excluding hydrogens is 475 g/mol. The minimum atomic E-state index is 0. The Kier molecular flexibility index (Phi) is 8.17. The predicted molar refractivity (Wildman–Crippen MR) is 130 cm³/mol. The first kappa shape index (κ1) is 22.3. The summed E-state index contributed by atoms with van der Waals surface area (Å²) in [5.74, 6) is 1.85. The average Bonchev–Trinajstić information content (AvgIpc) is 3.43. The Morgan fingerprint density at radius 2 is 2.10 bits per heavy atom. The Labute approximate surface area is 191 Å². The molecule has 2 aliphatic rings. The third-order valence-corrected chi connectivity index (χ3v) is 6.23. The Bertz CT molecular complexity index is 811. The molecule has 6 nitrogen and oxygen atoms in total. The van der Waals surface area contributed by atoms with Crippen LogP contribution in [0.4, 0.5) is 0 Å². The van der Waals surface area contributed by atoms with E-state index in [0.29, 0.717) is 6.04 Å². The summed E-state index contributed by atoms with van der Waals surface area (Å²) in [6.45, 7) is 6.58. The third-order valence-electron chi connectivity index (χ3n) is 6.23. The monoisotopic (exact) mass is 510 g/mol. The van der Waals surface area contributed by atoms with Crippen molar-refractivity contribution in [2.75, 3.05) is 33.2 Å². The smallest absolute Gasteiger partial charge is 0.191 e. The van der Waals surface area contributed by atoms with Gasteiger partial charge in [-0.2, -0.15) is 0 Å². The Hall–Kier alpha value is -1.35. The summed E-state index contributed by atoms with van der Waals surface area (Å²) in [7, 11) is 1.86. The minimum absolute atomic E-state index is 0. The summed E-state index contributed by atoms with van der Waals surface area (Å²) in [5, 5.41) is 7.08. The number of aryl methyl sites for hydroxylation is 1. The van der Waals surface area contributed by atoms with E-state index in [1.54, 1.807) is 0 Å². The van der Waals surface area contributed by atoms with Crippen LogP contribution in [0, 0.1) is 12.8 Å². The van der Waals surface area contributed by atoms with Crippen LogP contribution in [0.25, 0.3) is 5.65 Å². The van der Waals surface area contributed by atoms with Crippen LogP contribution in [0.1, 0.15) is 43.4 Å².